The van der Waals surface area contributed by atoms with Crippen LogP contribution in [0.15, 0.2) is 34.6 Å². The lowest BCUT2D eigenvalue weighted by Crippen LogP contribution is -2.36. The SMILES string of the molecule is CCNC(=NCc1ccc(COC)cc1)NCc1nc(C(F)(F)F)cs1. The molecule has 0 atom stereocenters. The minimum atomic E-state index is -4.41. The van der Waals surface area contributed by atoms with Gasteiger partial charge in [0.1, 0.15) is 5.01 Å². The van der Waals surface area contributed by atoms with Gasteiger partial charge < -0.3 is 15.4 Å². The van der Waals surface area contributed by atoms with Crippen molar-refractivity contribution in [1.29, 1.82) is 0 Å². The Morgan fingerprint density at radius 3 is 2.46 bits per heavy atom. The van der Waals surface area contributed by atoms with E-state index in [9.17, 15) is 13.2 Å². The fourth-order valence-electron chi connectivity index (χ4n) is 2.10. The molecule has 0 unspecified atom stereocenters. The van der Waals surface area contributed by atoms with E-state index in [1.807, 2.05) is 31.2 Å². The Kier molecular flexibility index (Phi) is 7.40. The van der Waals surface area contributed by atoms with Crippen molar-refractivity contribution >= 4 is 17.3 Å². The maximum atomic E-state index is 12.6. The van der Waals surface area contributed by atoms with E-state index >= 15 is 0 Å². The second-order valence-electron chi connectivity index (χ2n) is 5.42. The van der Waals surface area contributed by atoms with Crippen LogP contribution < -0.4 is 10.6 Å². The number of aliphatic imine (C=N–C) groups is 1. The molecule has 0 aliphatic rings. The average molecular weight is 386 g/mol. The molecule has 9 heteroatoms. The first-order valence-electron chi connectivity index (χ1n) is 8.03. The first kappa shape index (κ1) is 20.2. The largest absolute Gasteiger partial charge is 0.434 e. The van der Waals surface area contributed by atoms with Crippen LogP contribution in [0.5, 0.6) is 0 Å². The van der Waals surface area contributed by atoms with Gasteiger partial charge >= 0.3 is 6.18 Å². The minimum absolute atomic E-state index is 0.180. The zero-order chi connectivity index (χ0) is 19.0. The molecule has 0 spiro atoms. The van der Waals surface area contributed by atoms with Crippen LogP contribution in [0, 0.1) is 0 Å². The third-order valence-electron chi connectivity index (χ3n) is 3.35. The highest BCUT2D eigenvalue weighted by Crippen LogP contribution is 2.29. The molecule has 0 radical (unpaired) electrons. The standard InChI is InChI=1S/C17H21F3N4OS/c1-3-21-16(22-8-12-4-6-13(7-5-12)10-25-2)23-9-15-24-14(11-26-15)17(18,19)20/h4-7,11H,3,8-10H2,1-2H3,(H2,21,22,23). The van der Waals surface area contributed by atoms with E-state index < -0.39 is 11.9 Å². The van der Waals surface area contributed by atoms with Crippen molar-refractivity contribution in [3.63, 3.8) is 0 Å². The summed E-state index contributed by atoms with van der Waals surface area (Å²) in [6.07, 6.45) is -4.41. The van der Waals surface area contributed by atoms with Gasteiger partial charge in [-0.1, -0.05) is 24.3 Å². The first-order valence-corrected chi connectivity index (χ1v) is 8.91. The summed E-state index contributed by atoms with van der Waals surface area (Å²) in [5.74, 6) is 0.525. The highest BCUT2D eigenvalue weighted by Gasteiger charge is 2.33. The van der Waals surface area contributed by atoms with E-state index in [1.165, 1.54) is 0 Å². The molecule has 2 N–H and O–H groups in total. The van der Waals surface area contributed by atoms with E-state index in [0.29, 0.717) is 30.7 Å². The van der Waals surface area contributed by atoms with Crippen LogP contribution in [-0.2, 0) is 30.6 Å². The van der Waals surface area contributed by atoms with E-state index in [0.717, 1.165) is 27.8 Å². The summed E-state index contributed by atoms with van der Waals surface area (Å²) in [5.41, 5.74) is 1.24. The number of ether oxygens (including phenoxy) is 1. The lowest BCUT2D eigenvalue weighted by atomic mass is 10.1. The van der Waals surface area contributed by atoms with Crippen molar-refractivity contribution in [2.45, 2.75) is 32.8 Å². The second-order valence-corrected chi connectivity index (χ2v) is 6.37. The number of hydrogen-bond donors (Lipinski definition) is 2. The summed E-state index contributed by atoms with van der Waals surface area (Å²) in [7, 11) is 1.65. The van der Waals surface area contributed by atoms with E-state index in [-0.39, 0.29) is 6.54 Å². The monoisotopic (exact) mass is 386 g/mol. The number of thiazole rings is 1. The smallest absolute Gasteiger partial charge is 0.380 e. The Bertz CT molecular complexity index is 714. The highest BCUT2D eigenvalue weighted by atomic mass is 32.1. The Hall–Kier alpha value is -2.13. The van der Waals surface area contributed by atoms with Gasteiger partial charge in [0, 0.05) is 19.0 Å². The summed E-state index contributed by atoms with van der Waals surface area (Å²) in [6, 6.07) is 7.89. The zero-order valence-corrected chi connectivity index (χ0v) is 15.4. The summed E-state index contributed by atoms with van der Waals surface area (Å²) >= 11 is 0.969. The Balaban J connectivity index is 1.94. The van der Waals surface area contributed by atoms with Crippen LogP contribution in [0.2, 0.25) is 0 Å². The van der Waals surface area contributed by atoms with Crippen molar-refractivity contribution in [1.82, 2.24) is 15.6 Å². The summed E-state index contributed by atoms with van der Waals surface area (Å²) in [5, 5.41) is 7.44. The van der Waals surface area contributed by atoms with Crippen LogP contribution in [0.25, 0.3) is 0 Å². The van der Waals surface area contributed by atoms with Crippen molar-refractivity contribution in [3.05, 3.63) is 51.5 Å². The molecule has 5 nitrogen and oxygen atoms in total. The quantitative estimate of drug-likeness (QED) is 0.564. The lowest BCUT2D eigenvalue weighted by Gasteiger charge is -2.10. The molecule has 26 heavy (non-hydrogen) atoms. The van der Waals surface area contributed by atoms with Crippen molar-refractivity contribution < 1.29 is 17.9 Å². The van der Waals surface area contributed by atoms with Gasteiger partial charge in [0.2, 0.25) is 0 Å². The number of nitrogens with zero attached hydrogens (tertiary/aromatic N) is 2. The van der Waals surface area contributed by atoms with Gasteiger partial charge in [-0.05, 0) is 18.1 Å². The molecule has 0 aliphatic carbocycles. The zero-order valence-electron chi connectivity index (χ0n) is 14.6. The molecule has 2 aromatic rings. The Morgan fingerprint density at radius 1 is 1.19 bits per heavy atom. The molecule has 2 rings (SSSR count). The van der Waals surface area contributed by atoms with Gasteiger partial charge in [-0.25, -0.2) is 9.98 Å². The molecule has 0 amide bonds. The number of benzene rings is 1. The van der Waals surface area contributed by atoms with Crippen LogP contribution >= 0.6 is 11.3 Å². The summed E-state index contributed by atoms with van der Waals surface area (Å²) in [6.45, 7) is 3.75. The maximum Gasteiger partial charge on any atom is 0.434 e. The highest BCUT2D eigenvalue weighted by molar-refractivity contribution is 7.09. The molecule has 0 saturated carbocycles. The number of methoxy groups -OCH3 is 1. The van der Waals surface area contributed by atoms with Gasteiger partial charge in [-0.15, -0.1) is 11.3 Å². The van der Waals surface area contributed by atoms with E-state index in [2.05, 4.69) is 20.6 Å². The predicted molar refractivity (Wildman–Crippen MR) is 95.9 cm³/mol. The molecule has 1 aromatic heterocycles. The molecule has 142 valence electrons. The molecular formula is C17H21F3N4OS. The van der Waals surface area contributed by atoms with E-state index in [1.54, 1.807) is 7.11 Å². The summed E-state index contributed by atoms with van der Waals surface area (Å²) in [4.78, 5) is 8.04. The van der Waals surface area contributed by atoms with Gasteiger partial charge in [0.25, 0.3) is 0 Å². The van der Waals surface area contributed by atoms with Gasteiger partial charge in [-0.2, -0.15) is 13.2 Å². The molecule has 0 bridgehead atoms. The normalized spacial score (nSPS) is 12.3. The molecule has 0 saturated heterocycles. The third-order valence-corrected chi connectivity index (χ3v) is 4.20. The second kappa shape index (κ2) is 9.54. The molecular weight excluding hydrogens is 365 g/mol. The van der Waals surface area contributed by atoms with Gasteiger partial charge in [-0.3, -0.25) is 0 Å². The number of alkyl halides is 3. The minimum Gasteiger partial charge on any atom is -0.380 e. The number of hydrogen-bond acceptors (Lipinski definition) is 4. The van der Waals surface area contributed by atoms with Gasteiger partial charge in [0.15, 0.2) is 11.7 Å². The van der Waals surface area contributed by atoms with E-state index in [4.69, 9.17) is 4.74 Å². The fraction of sp³-hybridized carbons (Fsp3) is 0.412. The molecule has 0 fully saturated rings. The summed E-state index contributed by atoms with van der Waals surface area (Å²) < 4.78 is 42.8. The fourth-order valence-corrected chi connectivity index (χ4v) is 2.84. The molecule has 1 heterocycles. The maximum absolute atomic E-state index is 12.6. The molecule has 1 aromatic carbocycles. The van der Waals surface area contributed by atoms with Crippen molar-refractivity contribution in [3.8, 4) is 0 Å². The van der Waals surface area contributed by atoms with Crippen molar-refractivity contribution in [2.75, 3.05) is 13.7 Å². The van der Waals surface area contributed by atoms with Gasteiger partial charge in [0.05, 0.1) is 19.7 Å². The Morgan fingerprint density at radius 2 is 1.88 bits per heavy atom. The lowest BCUT2D eigenvalue weighted by molar-refractivity contribution is -0.140. The van der Waals surface area contributed by atoms with Crippen LogP contribution in [0.3, 0.4) is 0 Å². The number of rotatable bonds is 7. The van der Waals surface area contributed by atoms with Crippen molar-refractivity contribution in [2.24, 2.45) is 4.99 Å². The topological polar surface area (TPSA) is 58.5 Å². The average Bonchev–Trinajstić information content (AvgIpc) is 3.08. The van der Waals surface area contributed by atoms with Crippen LogP contribution in [0.4, 0.5) is 13.2 Å². The third kappa shape index (κ3) is 6.30. The number of halogens is 3. The first-order chi connectivity index (χ1) is 12.4. The number of aromatic nitrogens is 1. The predicted octanol–water partition coefficient (Wildman–Crippen LogP) is 3.56. The van der Waals surface area contributed by atoms with Crippen LogP contribution in [-0.4, -0.2) is 24.6 Å². The molecule has 0 aliphatic heterocycles. The Labute approximate surface area is 154 Å². The van der Waals surface area contributed by atoms with Crippen LogP contribution in [0.1, 0.15) is 28.8 Å². The number of nitrogens with one attached hydrogen (secondary N) is 2. The number of guanidine groups is 1.